The molecule has 0 radical (unpaired) electrons. The molecule has 0 aliphatic rings. The maximum absolute atomic E-state index is 13.2. The number of carbonyl (C=O) groups is 1. The van der Waals surface area contributed by atoms with Gasteiger partial charge in [0.05, 0.1) is 11.0 Å². The van der Waals surface area contributed by atoms with E-state index in [-0.39, 0.29) is 11.7 Å². The lowest BCUT2D eigenvalue weighted by atomic mass is 10.2. The number of nitrogens with zero attached hydrogens (tertiary/aromatic N) is 2. The van der Waals surface area contributed by atoms with Crippen LogP contribution in [0.5, 0.6) is 0 Å². The van der Waals surface area contributed by atoms with Gasteiger partial charge in [0, 0.05) is 18.9 Å². The van der Waals surface area contributed by atoms with Crippen molar-refractivity contribution in [2.75, 3.05) is 0 Å². The number of aromatic amines is 1. The van der Waals surface area contributed by atoms with E-state index >= 15 is 0 Å². The summed E-state index contributed by atoms with van der Waals surface area (Å²) in [6.07, 6.45) is 0.797. The van der Waals surface area contributed by atoms with Gasteiger partial charge in [0.1, 0.15) is 23.2 Å². The zero-order valence-electron chi connectivity index (χ0n) is 14.1. The highest BCUT2D eigenvalue weighted by Gasteiger charge is 2.16. The Kier molecular flexibility index (Phi) is 4.12. The summed E-state index contributed by atoms with van der Waals surface area (Å²) in [5.74, 6) is 0.600. The number of carbonyl (C=O) groups excluding carboxylic acids is 1. The van der Waals surface area contributed by atoms with E-state index in [4.69, 9.17) is 4.42 Å². The molecule has 0 saturated heterocycles. The number of hydrogen-bond donors (Lipinski definition) is 2. The summed E-state index contributed by atoms with van der Waals surface area (Å²) >= 11 is 0. The molecule has 7 heteroatoms. The van der Waals surface area contributed by atoms with Crippen molar-refractivity contribution in [1.29, 1.82) is 0 Å². The molecule has 4 rings (SSSR count). The predicted molar refractivity (Wildman–Crippen MR) is 94.9 cm³/mol. The van der Waals surface area contributed by atoms with Crippen molar-refractivity contribution >= 4 is 28.0 Å². The molecule has 1 amide bonds. The second kappa shape index (κ2) is 6.59. The number of amides is 1. The van der Waals surface area contributed by atoms with Crippen LogP contribution in [0.3, 0.4) is 0 Å². The highest BCUT2D eigenvalue weighted by Crippen LogP contribution is 2.21. The monoisotopic (exact) mass is 352 g/mol. The molecule has 0 bridgehead atoms. The van der Waals surface area contributed by atoms with Crippen LogP contribution in [0.2, 0.25) is 0 Å². The molecule has 1 atom stereocenters. The number of aryl methyl sites for hydroxylation is 1. The number of fused-ring (bicyclic) bond motifs is 2. The lowest BCUT2D eigenvalue weighted by Gasteiger charge is -2.09. The van der Waals surface area contributed by atoms with Gasteiger partial charge in [-0.3, -0.25) is 4.79 Å². The Balaban J connectivity index is 1.38. The van der Waals surface area contributed by atoms with Crippen LogP contribution in [0.25, 0.3) is 22.1 Å². The van der Waals surface area contributed by atoms with Crippen molar-refractivity contribution in [2.24, 2.45) is 0 Å². The van der Waals surface area contributed by atoms with E-state index in [2.05, 4.69) is 20.3 Å². The van der Waals surface area contributed by atoms with Crippen LogP contribution < -0.4 is 5.32 Å². The molecule has 2 N–H and O–H groups in total. The summed E-state index contributed by atoms with van der Waals surface area (Å²) in [6.45, 7) is 1.78. The molecular formula is C19H17FN4O2. The first-order valence-electron chi connectivity index (χ1n) is 8.37. The van der Waals surface area contributed by atoms with E-state index < -0.39 is 6.04 Å². The zero-order chi connectivity index (χ0) is 18.1. The molecule has 0 fully saturated rings. The van der Waals surface area contributed by atoms with E-state index in [1.54, 1.807) is 13.0 Å². The Morgan fingerprint density at radius 3 is 2.92 bits per heavy atom. The highest BCUT2D eigenvalue weighted by molar-refractivity contribution is 5.78. The summed E-state index contributed by atoms with van der Waals surface area (Å²) < 4.78 is 18.8. The van der Waals surface area contributed by atoms with Crippen molar-refractivity contribution in [2.45, 2.75) is 25.8 Å². The van der Waals surface area contributed by atoms with Gasteiger partial charge in [-0.15, -0.1) is 0 Å². The van der Waals surface area contributed by atoms with E-state index in [0.717, 1.165) is 16.9 Å². The van der Waals surface area contributed by atoms with Gasteiger partial charge in [0.15, 0.2) is 5.58 Å². The minimum atomic E-state index is -0.409. The molecule has 132 valence electrons. The molecule has 0 saturated carbocycles. The van der Waals surface area contributed by atoms with Crippen molar-refractivity contribution < 1.29 is 13.6 Å². The lowest BCUT2D eigenvalue weighted by molar-refractivity contribution is -0.121. The van der Waals surface area contributed by atoms with Crippen LogP contribution in [-0.2, 0) is 11.2 Å². The largest absolute Gasteiger partial charge is 0.438 e. The van der Waals surface area contributed by atoms with Crippen molar-refractivity contribution in [3.05, 3.63) is 60.0 Å². The smallest absolute Gasteiger partial charge is 0.221 e. The third kappa shape index (κ3) is 3.28. The second-order valence-electron chi connectivity index (χ2n) is 6.15. The second-order valence-corrected chi connectivity index (χ2v) is 6.15. The Bertz CT molecular complexity index is 1050. The van der Waals surface area contributed by atoms with Gasteiger partial charge in [0.25, 0.3) is 0 Å². The quantitative estimate of drug-likeness (QED) is 0.574. The number of hydrogen-bond acceptors (Lipinski definition) is 4. The summed E-state index contributed by atoms with van der Waals surface area (Å²) in [6, 6.07) is 11.5. The Morgan fingerprint density at radius 1 is 1.23 bits per heavy atom. The van der Waals surface area contributed by atoms with Gasteiger partial charge in [-0.25, -0.2) is 14.4 Å². The topological polar surface area (TPSA) is 83.8 Å². The number of rotatable bonds is 5. The number of benzene rings is 2. The summed E-state index contributed by atoms with van der Waals surface area (Å²) in [7, 11) is 0. The molecule has 4 aromatic rings. The summed E-state index contributed by atoms with van der Waals surface area (Å²) in [4.78, 5) is 24.1. The number of aromatic nitrogens is 3. The highest BCUT2D eigenvalue weighted by atomic mass is 19.1. The Morgan fingerprint density at radius 2 is 2.08 bits per heavy atom. The normalized spacial score (nSPS) is 12.5. The molecule has 2 aromatic carbocycles. The standard InChI is InChI=1S/C19H17FN4O2/c1-11(19-24-15-7-6-12(20)10-16(15)26-19)21-18(25)9-8-17-22-13-4-2-3-5-14(13)23-17/h2-7,10-11H,8-9H2,1H3,(H,21,25)(H,22,23). The van der Waals surface area contributed by atoms with E-state index in [1.807, 2.05) is 24.3 Å². The number of imidazole rings is 1. The summed E-state index contributed by atoms with van der Waals surface area (Å²) in [5, 5.41) is 2.85. The lowest BCUT2D eigenvalue weighted by Crippen LogP contribution is -2.27. The fourth-order valence-corrected chi connectivity index (χ4v) is 2.83. The maximum Gasteiger partial charge on any atom is 0.221 e. The van der Waals surface area contributed by atoms with Gasteiger partial charge in [-0.1, -0.05) is 12.1 Å². The maximum atomic E-state index is 13.2. The van der Waals surface area contributed by atoms with E-state index in [0.29, 0.717) is 29.8 Å². The average molecular weight is 352 g/mol. The third-order valence-electron chi connectivity index (χ3n) is 4.14. The first-order valence-corrected chi connectivity index (χ1v) is 8.37. The van der Waals surface area contributed by atoms with Gasteiger partial charge < -0.3 is 14.7 Å². The fourth-order valence-electron chi connectivity index (χ4n) is 2.83. The van der Waals surface area contributed by atoms with Crippen molar-refractivity contribution in [3.8, 4) is 0 Å². The number of nitrogens with one attached hydrogen (secondary N) is 2. The first kappa shape index (κ1) is 16.3. The van der Waals surface area contributed by atoms with Gasteiger partial charge in [-0.05, 0) is 31.2 Å². The number of H-pyrrole nitrogens is 1. The SMILES string of the molecule is CC(NC(=O)CCc1nc2ccccc2[nH]1)c1nc2ccc(F)cc2o1. The molecule has 2 aromatic heterocycles. The van der Waals surface area contributed by atoms with Crippen LogP contribution in [-0.4, -0.2) is 20.9 Å². The van der Waals surface area contributed by atoms with Crippen LogP contribution >= 0.6 is 0 Å². The van der Waals surface area contributed by atoms with Crippen LogP contribution in [0, 0.1) is 5.82 Å². The van der Waals surface area contributed by atoms with E-state index in [9.17, 15) is 9.18 Å². The number of para-hydroxylation sites is 2. The zero-order valence-corrected chi connectivity index (χ0v) is 14.1. The van der Waals surface area contributed by atoms with Gasteiger partial charge in [0.2, 0.25) is 11.8 Å². The van der Waals surface area contributed by atoms with Crippen LogP contribution in [0.1, 0.15) is 31.1 Å². The predicted octanol–water partition coefficient (Wildman–Crippen LogP) is 3.65. The van der Waals surface area contributed by atoms with Crippen molar-refractivity contribution in [3.63, 3.8) is 0 Å². The minimum absolute atomic E-state index is 0.133. The molecule has 2 heterocycles. The molecule has 26 heavy (non-hydrogen) atoms. The van der Waals surface area contributed by atoms with Gasteiger partial charge in [-0.2, -0.15) is 0 Å². The Hall–Kier alpha value is -3.22. The molecule has 0 aliphatic carbocycles. The molecular weight excluding hydrogens is 335 g/mol. The number of oxazole rings is 1. The number of halogens is 1. The third-order valence-corrected chi connectivity index (χ3v) is 4.14. The average Bonchev–Trinajstić information content (AvgIpc) is 3.23. The van der Waals surface area contributed by atoms with E-state index in [1.165, 1.54) is 12.1 Å². The molecule has 0 aliphatic heterocycles. The molecule has 0 spiro atoms. The molecule has 6 nitrogen and oxygen atoms in total. The minimum Gasteiger partial charge on any atom is -0.438 e. The Labute approximate surface area is 148 Å². The van der Waals surface area contributed by atoms with Gasteiger partial charge >= 0.3 is 0 Å². The molecule has 1 unspecified atom stereocenters. The first-order chi connectivity index (χ1) is 12.6. The van der Waals surface area contributed by atoms with Crippen molar-refractivity contribution in [1.82, 2.24) is 20.3 Å². The van der Waals surface area contributed by atoms with Crippen LogP contribution in [0.15, 0.2) is 46.9 Å². The van der Waals surface area contributed by atoms with Crippen LogP contribution in [0.4, 0.5) is 4.39 Å². The fraction of sp³-hybridized carbons (Fsp3) is 0.211. The summed E-state index contributed by atoms with van der Waals surface area (Å²) in [5.41, 5.74) is 2.76.